The van der Waals surface area contributed by atoms with Gasteiger partial charge in [0.2, 0.25) is 0 Å². The first-order chi connectivity index (χ1) is 8.55. The molecule has 96 valence electrons. The average molecular weight is 262 g/mol. The second-order valence-corrected chi connectivity index (χ2v) is 7.12. The van der Waals surface area contributed by atoms with Crippen molar-refractivity contribution in [3.05, 3.63) is 22.4 Å². The van der Waals surface area contributed by atoms with Crippen molar-refractivity contribution in [2.24, 2.45) is 16.4 Å². The van der Waals surface area contributed by atoms with Crippen LogP contribution in [0.15, 0.2) is 22.6 Å². The van der Waals surface area contributed by atoms with Crippen LogP contribution in [0.25, 0.3) is 0 Å². The Morgan fingerprint density at radius 2 is 2.39 bits per heavy atom. The summed E-state index contributed by atoms with van der Waals surface area (Å²) in [5, 5.41) is 6.49. The third-order valence-corrected chi connectivity index (χ3v) is 4.72. The molecule has 0 spiro atoms. The fraction of sp³-hybridized carbons (Fsp3) is 0.571. The summed E-state index contributed by atoms with van der Waals surface area (Å²) < 4.78 is 0. The molecule has 3 nitrogen and oxygen atoms in total. The van der Waals surface area contributed by atoms with Crippen LogP contribution in [0.2, 0.25) is 0 Å². The summed E-state index contributed by atoms with van der Waals surface area (Å²) in [6.07, 6.45) is 2.53. The zero-order valence-corrected chi connectivity index (χ0v) is 11.6. The van der Waals surface area contributed by atoms with E-state index in [9.17, 15) is 4.79 Å². The lowest BCUT2D eigenvalue weighted by atomic mass is 9.68. The van der Waals surface area contributed by atoms with Crippen molar-refractivity contribution in [2.45, 2.75) is 39.2 Å². The molecule has 0 unspecified atom stereocenters. The zero-order chi connectivity index (χ0) is 12.8. The van der Waals surface area contributed by atoms with E-state index in [4.69, 9.17) is 0 Å². The molecule has 1 aliphatic heterocycles. The van der Waals surface area contributed by atoms with E-state index < -0.39 is 0 Å². The van der Waals surface area contributed by atoms with Crippen molar-refractivity contribution in [3.8, 4) is 0 Å². The van der Waals surface area contributed by atoms with E-state index in [1.54, 1.807) is 11.3 Å². The minimum atomic E-state index is 0.0140. The lowest BCUT2D eigenvalue weighted by Gasteiger charge is -2.36. The van der Waals surface area contributed by atoms with Gasteiger partial charge in [0.05, 0.1) is 17.7 Å². The van der Waals surface area contributed by atoms with Gasteiger partial charge in [-0.2, -0.15) is 5.10 Å². The topological polar surface area (TPSA) is 41.5 Å². The van der Waals surface area contributed by atoms with Crippen molar-refractivity contribution in [1.82, 2.24) is 5.43 Å². The Kier molecular flexibility index (Phi) is 2.77. The number of nitrogens with zero attached hydrogens (tertiary/aromatic N) is 1. The van der Waals surface area contributed by atoms with E-state index in [2.05, 4.69) is 35.8 Å². The smallest absolute Gasteiger partial charge is 0.144 e. The van der Waals surface area contributed by atoms with Crippen LogP contribution in [0.3, 0.4) is 0 Å². The maximum absolute atomic E-state index is 12.3. The van der Waals surface area contributed by atoms with Gasteiger partial charge >= 0.3 is 0 Å². The summed E-state index contributed by atoms with van der Waals surface area (Å²) in [6.45, 7) is 4.33. The number of carbonyl (C=O) groups excluding carboxylic acids is 1. The summed E-state index contributed by atoms with van der Waals surface area (Å²) in [4.78, 5) is 13.6. The Labute approximate surface area is 111 Å². The van der Waals surface area contributed by atoms with Crippen LogP contribution in [0, 0.1) is 11.3 Å². The summed E-state index contributed by atoms with van der Waals surface area (Å²) >= 11 is 1.73. The molecule has 18 heavy (non-hydrogen) atoms. The second-order valence-electron chi connectivity index (χ2n) is 6.08. The number of hydrazone groups is 1. The molecule has 1 aromatic heterocycles. The molecule has 0 aromatic carbocycles. The van der Waals surface area contributed by atoms with Gasteiger partial charge in [0, 0.05) is 17.7 Å². The van der Waals surface area contributed by atoms with Gasteiger partial charge in [-0.15, -0.1) is 11.3 Å². The molecule has 1 N–H and O–H groups in total. The Hall–Kier alpha value is -1.16. The Balaban J connectivity index is 1.78. The molecule has 2 atom stereocenters. The number of rotatable bonds is 2. The second kappa shape index (κ2) is 4.19. The Bertz CT molecular complexity index is 490. The molecule has 1 aliphatic carbocycles. The van der Waals surface area contributed by atoms with E-state index in [-0.39, 0.29) is 17.4 Å². The highest BCUT2D eigenvalue weighted by Crippen LogP contribution is 2.39. The van der Waals surface area contributed by atoms with E-state index in [0.717, 1.165) is 18.6 Å². The van der Waals surface area contributed by atoms with Crippen LogP contribution in [0.1, 0.15) is 31.6 Å². The van der Waals surface area contributed by atoms with E-state index in [0.29, 0.717) is 12.2 Å². The molecular weight excluding hydrogens is 244 g/mol. The van der Waals surface area contributed by atoms with Gasteiger partial charge in [-0.3, -0.25) is 4.79 Å². The first-order valence-electron chi connectivity index (χ1n) is 6.42. The van der Waals surface area contributed by atoms with Crippen LogP contribution in [-0.2, 0) is 11.2 Å². The number of carbonyl (C=O) groups is 1. The van der Waals surface area contributed by atoms with Gasteiger partial charge in [-0.1, -0.05) is 19.9 Å². The fourth-order valence-electron chi connectivity index (χ4n) is 3.11. The minimum absolute atomic E-state index is 0.0140. The molecule has 0 saturated heterocycles. The van der Waals surface area contributed by atoms with Crippen molar-refractivity contribution in [3.63, 3.8) is 0 Å². The molecule has 1 aromatic rings. The van der Waals surface area contributed by atoms with E-state index in [1.807, 2.05) is 6.07 Å². The third-order valence-electron chi connectivity index (χ3n) is 3.84. The first kappa shape index (κ1) is 11.9. The number of hydrogen-bond acceptors (Lipinski definition) is 4. The number of fused-ring (bicyclic) bond motifs is 1. The number of thiophene rings is 1. The van der Waals surface area contributed by atoms with Crippen LogP contribution in [-0.4, -0.2) is 17.5 Å². The SMILES string of the molecule is CC1(C)CC(=O)[C@H]2C(Cc3cccs3)=NN[C@H]2C1. The molecule has 0 bridgehead atoms. The monoisotopic (exact) mass is 262 g/mol. The maximum atomic E-state index is 12.3. The highest BCUT2D eigenvalue weighted by Gasteiger charge is 2.45. The maximum Gasteiger partial charge on any atom is 0.144 e. The molecule has 0 amide bonds. The molecule has 2 heterocycles. The number of nitrogens with one attached hydrogen (secondary N) is 1. The zero-order valence-electron chi connectivity index (χ0n) is 10.8. The average Bonchev–Trinajstić information content (AvgIpc) is 2.87. The van der Waals surface area contributed by atoms with Crippen molar-refractivity contribution in [2.75, 3.05) is 0 Å². The molecule has 0 radical (unpaired) electrons. The summed E-state index contributed by atoms with van der Waals surface area (Å²) in [5.41, 5.74) is 4.32. The Morgan fingerprint density at radius 3 is 3.11 bits per heavy atom. The fourth-order valence-corrected chi connectivity index (χ4v) is 3.83. The minimum Gasteiger partial charge on any atom is -0.306 e. The summed E-state index contributed by atoms with van der Waals surface area (Å²) in [6, 6.07) is 4.38. The summed E-state index contributed by atoms with van der Waals surface area (Å²) in [7, 11) is 0. The predicted molar refractivity (Wildman–Crippen MR) is 73.9 cm³/mol. The summed E-state index contributed by atoms with van der Waals surface area (Å²) in [5.74, 6) is 0.372. The van der Waals surface area contributed by atoms with Crippen LogP contribution < -0.4 is 5.43 Å². The first-order valence-corrected chi connectivity index (χ1v) is 7.30. The third kappa shape index (κ3) is 2.09. The van der Waals surface area contributed by atoms with Gasteiger partial charge in [-0.25, -0.2) is 0 Å². The molecule has 3 rings (SSSR count). The van der Waals surface area contributed by atoms with Gasteiger partial charge in [-0.05, 0) is 23.3 Å². The lowest BCUT2D eigenvalue weighted by molar-refractivity contribution is -0.126. The largest absolute Gasteiger partial charge is 0.306 e. The highest BCUT2D eigenvalue weighted by atomic mass is 32.1. The number of hydrogen-bond donors (Lipinski definition) is 1. The van der Waals surface area contributed by atoms with Crippen molar-refractivity contribution in [1.29, 1.82) is 0 Å². The molecule has 4 heteroatoms. The highest BCUT2D eigenvalue weighted by molar-refractivity contribution is 7.10. The standard InChI is InChI=1S/C14H18N2OS/c1-14(2)7-11-13(12(17)8-14)10(15-16-11)6-9-4-3-5-18-9/h3-5,11,13,16H,6-8H2,1-2H3/t11-,13-/m0/s1. The van der Waals surface area contributed by atoms with Gasteiger partial charge in [0.1, 0.15) is 5.78 Å². The normalized spacial score (nSPS) is 29.7. The lowest BCUT2D eigenvalue weighted by Crippen LogP contribution is -2.45. The van der Waals surface area contributed by atoms with Gasteiger partial charge in [0.25, 0.3) is 0 Å². The Morgan fingerprint density at radius 1 is 1.56 bits per heavy atom. The number of ketones is 1. The molecule has 1 saturated carbocycles. The van der Waals surface area contributed by atoms with Crippen LogP contribution in [0.4, 0.5) is 0 Å². The predicted octanol–water partition coefficient (Wildman–Crippen LogP) is 2.62. The van der Waals surface area contributed by atoms with Crippen molar-refractivity contribution >= 4 is 22.8 Å². The molecule has 1 fully saturated rings. The van der Waals surface area contributed by atoms with Crippen LogP contribution in [0.5, 0.6) is 0 Å². The van der Waals surface area contributed by atoms with E-state index >= 15 is 0 Å². The van der Waals surface area contributed by atoms with Crippen molar-refractivity contribution < 1.29 is 4.79 Å². The van der Waals surface area contributed by atoms with Crippen LogP contribution >= 0.6 is 11.3 Å². The number of Topliss-reactive ketones (excluding diaryl/α,β-unsaturated/α-hetero) is 1. The molecular formula is C14H18N2OS. The van der Waals surface area contributed by atoms with E-state index in [1.165, 1.54) is 4.88 Å². The van der Waals surface area contributed by atoms with Gasteiger partial charge in [0.15, 0.2) is 0 Å². The molecule has 2 aliphatic rings. The van der Waals surface area contributed by atoms with Gasteiger partial charge < -0.3 is 5.43 Å². The quantitative estimate of drug-likeness (QED) is 0.890.